The first-order valence-corrected chi connectivity index (χ1v) is 7.67. The number of rotatable bonds is 4. The lowest BCUT2D eigenvalue weighted by Gasteiger charge is -2.39. The Hall–Kier alpha value is -0.120. The molecule has 2 rings (SSSR count). The van der Waals surface area contributed by atoms with Crippen LogP contribution in [0.4, 0.5) is 0 Å². The summed E-state index contributed by atoms with van der Waals surface area (Å²) >= 11 is 0. The van der Waals surface area contributed by atoms with E-state index >= 15 is 0 Å². The summed E-state index contributed by atoms with van der Waals surface area (Å²) in [6.45, 7) is 13.6. The Bertz CT molecular complexity index is 246. The van der Waals surface area contributed by atoms with Crippen LogP contribution in [0.3, 0.4) is 0 Å². The Kier molecular flexibility index (Phi) is 5.05. The fourth-order valence-corrected chi connectivity index (χ4v) is 3.76. The molecule has 2 fully saturated rings. The van der Waals surface area contributed by atoms with E-state index in [1.54, 1.807) is 0 Å². The van der Waals surface area contributed by atoms with Crippen molar-refractivity contribution in [2.24, 2.45) is 11.3 Å². The minimum atomic E-state index is 0.472. The molecule has 0 aromatic rings. The number of nitrogens with one attached hydrogen (secondary N) is 1. The standard InChI is InChI=1S/C15H31N3/c1-15(2,13-18-9-6-16-7-10-18)11-14-5-4-8-17(3)12-14/h14,16H,4-13H2,1-3H3. The average Bonchev–Trinajstić information content (AvgIpc) is 2.28. The van der Waals surface area contributed by atoms with Crippen LogP contribution >= 0.6 is 0 Å². The first kappa shape index (κ1) is 14.3. The Morgan fingerprint density at radius 1 is 1.17 bits per heavy atom. The van der Waals surface area contributed by atoms with E-state index in [2.05, 4.69) is 36.0 Å². The molecule has 1 atom stereocenters. The van der Waals surface area contributed by atoms with Gasteiger partial charge in [0.05, 0.1) is 0 Å². The Balaban J connectivity index is 1.78. The number of nitrogens with zero attached hydrogens (tertiary/aromatic N) is 2. The monoisotopic (exact) mass is 253 g/mol. The SMILES string of the molecule is CN1CCCC(CC(C)(C)CN2CCNCC2)C1. The zero-order chi connectivity index (χ0) is 13.0. The van der Waals surface area contributed by atoms with Crippen molar-refractivity contribution in [3.8, 4) is 0 Å². The van der Waals surface area contributed by atoms with E-state index in [4.69, 9.17) is 0 Å². The first-order valence-electron chi connectivity index (χ1n) is 7.67. The van der Waals surface area contributed by atoms with E-state index in [9.17, 15) is 0 Å². The Morgan fingerprint density at radius 2 is 1.89 bits per heavy atom. The lowest BCUT2D eigenvalue weighted by molar-refractivity contribution is 0.109. The maximum absolute atomic E-state index is 3.44. The molecule has 3 heteroatoms. The minimum Gasteiger partial charge on any atom is -0.314 e. The molecule has 18 heavy (non-hydrogen) atoms. The van der Waals surface area contributed by atoms with Gasteiger partial charge in [0.25, 0.3) is 0 Å². The van der Waals surface area contributed by atoms with Crippen LogP contribution in [0.2, 0.25) is 0 Å². The molecule has 0 amide bonds. The topological polar surface area (TPSA) is 18.5 Å². The molecule has 1 unspecified atom stereocenters. The number of likely N-dealkylation sites (tertiary alicyclic amines) is 1. The van der Waals surface area contributed by atoms with Crippen molar-refractivity contribution in [2.75, 3.05) is 52.9 Å². The van der Waals surface area contributed by atoms with Crippen molar-refractivity contribution in [3.05, 3.63) is 0 Å². The van der Waals surface area contributed by atoms with Gasteiger partial charge in [0, 0.05) is 39.3 Å². The van der Waals surface area contributed by atoms with Crippen LogP contribution in [0, 0.1) is 11.3 Å². The molecule has 0 aliphatic carbocycles. The summed E-state index contributed by atoms with van der Waals surface area (Å²) in [4.78, 5) is 5.15. The number of piperidine rings is 1. The van der Waals surface area contributed by atoms with Gasteiger partial charge in [0.2, 0.25) is 0 Å². The van der Waals surface area contributed by atoms with Crippen molar-refractivity contribution < 1.29 is 0 Å². The summed E-state index contributed by atoms with van der Waals surface area (Å²) in [5.41, 5.74) is 0.472. The van der Waals surface area contributed by atoms with E-state index in [1.807, 2.05) is 0 Å². The molecule has 1 N–H and O–H groups in total. The van der Waals surface area contributed by atoms with E-state index < -0.39 is 0 Å². The zero-order valence-electron chi connectivity index (χ0n) is 12.5. The number of piperazine rings is 1. The van der Waals surface area contributed by atoms with Crippen LogP contribution < -0.4 is 5.32 Å². The summed E-state index contributed by atoms with van der Waals surface area (Å²) in [6, 6.07) is 0. The third-order valence-corrected chi connectivity index (χ3v) is 4.42. The third-order valence-electron chi connectivity index (χ3n) is 4.42. The highest BCUT2D eigenvalue weighted by Gasteiger charge is 2.28. The van der Waals surface area contributed by atoms with Gasteiger partial charge in [-0.05, 0) is 44.2 Å². The van der Waals surface area contributed by atoms with Gasteiger partial charge in [-0.1, -0.05) is 13.8 Å². The van der Waals surface area contributed by atoms with Crippen molar-refractivity contribution in [3.63, 3.8) is 0 Å². The molecule has 2 aliphatic heterocycles. The highest BCUT2D eigenvalue weighted by molar-refractivity contribution is 4.82. The van der Waals surface area contributed by atoms with Gasteiger partial charge >= 0.3 is 0 Å². The second kappa shape index (κ2) is 6.36. The van der Waals surface area contributed by atoms with Gasteiger partial charge in [-0.3, -0.25) is 0 Å². The van der Waals surface area contributed by atoms with Crippen LogP contribution in [-0.2, 0) is 0 Å². The molecule has 0 aromatic heterocycles. The van der Waals surface area contributed by atoms with Gasteiger partial charge < -0.3 is 15.1 Å². The van der Waals surface area contributed by atoms with E-state index in [0.29, 0.717) is 5.41 Å². The summed E-state index contributed by atoms with van der Waals surface area (Å²) < 4.78 is 0. The maximum Gasteiger partial charge on any atom is 0.0108 e. The Labute approximate surface area is 113 Å². The van der Waals surface area contributed by atoms with Crippen molar-refractivity contribution >= 4 is 0 Å². The second-order valence-electron chi connectivity index (χ2n) is 7.16. The van der Waals surface area contributed by atoms with E-state index in [1.165, 1.54) is 65.1 Å². The molecule has 0 radical (unpaired) electrons. The summed E-state index contributed by atoms with van der Waals surface area (Å²) in [5, 5.41) is 3.44. The predicted molar refractivity (Wildman–Crippen MR) is 77.9 cm³/mol. The molecule has 2 saturated heterocycles. The highest BCUT2D eigenvalue weighted by Crippen LogP contribution is 2.31. The molecule has 2 heterocycles. The van der Waals surface area contributed by atoms with Crippen LogP contribution in [0.1, 0.15) is 33.1 Å². The predicted octanol–water partition coefficient (Wildman–Crippen LogP) is 1.65. The average molecular weight is 253 g/mol. The molecular weight excluding hydrogens is 222 g/mol. The minimum absolute atomic E-state index is 0.472. The Morgan fingerprint density at radius 3 is 2.56 bits per heavy atom. The number of hydrogen-bond donors (Lipinski definition) is 1. The van der Waals surface area contributed by atoms with Gasteiger partial charge in [0.15, 0.2) is 0 Å². The molecule has 0 saturated carbocycles. The summed E-state index contributed by atoms with van der Waals surface area (Å²) in [6.07, 6.45) is 4.22. The molecule has 0 bridgehead atoms. The van der Waals surface area contributed by atoms with Gasteiger partial charge in [-0.25, -0.2) is 0 Å². The van der Waals surface area contributed by atoms with Gasteiger partial charge in [-0.15, -0.1) is 0 Å². The van der Waals surface area contributed by atoms with Crippen LogP contribution in [0.5, 0.6) is 0 Å². The lowest BCUT2D eigenvalue weighted by atomic mass is 9.79. The van der Waals surface area contributed by atoms with Gasteiger partial charge in [0.1, 0.15) is 0 Å². The highest BCUT2D eigenvalue weighted by atomic mass is 15.2. The van der Waals surface area contributed by atoms with Crippen LogP contribution in [0.25, 0.3) is 0 Å². The quantitative estimate of drug-likeness (QED) is 0.822. The summed E-state index contributed by atoms with van der Waals surface area (Å²) in [7, 11) is 2.27. The van der Waals surface area contributed by atoms with Crippen molar-refractivity contribution in [2.45, 2.75) is 33.1 Å². The van der Waals surface area contributed by atoms with Crippen molar-refractivity contribution in [1.29, 1.82) is 0 Å². The van der Waals surface area contributed by atoms with Crippen LogP contribution in [0.15, 0.2) is 0 Å². The van der Waals surface area contributed by atoms with Gasteiger partial charge in [-0.2, -0.15) is 0 Å². The first-order chi connectivity index (χ1) is 8.55. The fraction of sp³-hybridized carbons (Fsp3) is 1.00. The van der Waals surface area contributed by atoms with Crippen LogP contribution in [-0.4, -0.2) is 62.7 Å². The third kappa shape index (κ3) is 4.52. The number of hydrogen-bond acceptors (Lipinski definition) is 3. The molecule has 3 nitrogen and oxygen atoms in total. The zero-order valence-corrected chi connectivity index (χ0v) is 12.5. The van der Waals surface area contributed by atoms with Crippen molar-refractivity contribution in [1.82, 2.24) is 15.1 Å². The molecule has 0 spiro atoms. The normalized spacial score (nSPS) is 28.5. The van der Waals surface area contributed by atoms with E-state index in [-0.39, 0.29) is 0 Å². The molecule has 106 valence electrons. The largest absolute Gasteiger partial charge is 0.314 e. The molecular formula is C15H31N3. The second-order valence-corrected chi connectivity index (χ2v) is 7.16. The maximum atomic E-state index is 3.44. The fourth-order valence-electron chi connectivity index (χ4n) is 3.76. The molecule has 0 aromatic carbocycles. The van der Waals surface area contributed by atoms with E-state index in [0.717, 1.165) is 5.92 Å². The lowest BCUT2D eigenvalue weighted by Crippen LogP contribution is -2.47. The molecule has 2 aliphatic rings. The smallest absolute Gasteiger partial charge is 0.0108 e. The summed E-state index contributed by atoms with van der Waals surface area (Å²) in [5.74, 6) is 0.918.